The molecular weight excluding hydrogens is 384 g/mol. The smallest absolute Gasteiger partial charge is 0.262 e. The molecule has 0 radical (unpaired) electrons. The van der Waals surface area contributed by atoms with Crippen LogP contribution in [0.4, 0.5) is 0 Å². The highest BCUT2D eigenvalue weighted by Crippen LogP contribution is 2.30. The molecule has 0 aliphatic heterocycles. The number of aliphatic hydroxyl groups excluding tert-OH is 1. The van der Waals surface area contributed by atoms with Gasteiger partial charge < -0.3 is 9.84 Å². The Labute approximate surface area is 172 Å². The van der Waals surface area contributed by atoms with Crippen molar-refractivity contribution in [2.24, 2.45) is 0 Å². The molecule has 29 heavy (non-hydrogen) atoms. The molecule has 2 heterocycles. The zero-order valence-electron chi connectivity index (χ0n) is 16.3. The SMILES string of the molecule is Cc1ccc(C)c(OCC(O)Cn2cnc3scc(-c4ccccc4)c3c2=O)c1. The Hall–Kier alpha value is -2.96. The van der Waals surface area contributed by atoms with Crippen LogP contribution in [0.15, 0.2) is 65.0 Å². The van der Waals surface area contributed by atoms with Gasteiger partial charge in [-0.1, -0.05) is 42.5 Å². The fourth-order valence-electron chi connectivity index (χ4n) is 3.26. The molecule has 6 heteroatoms. The van der Waals surface area contributed by atoms with Gasteiger partial charge in [0.15, 0.2) is 0 Å². The van der Waals surface area contributed by atoms with Crippen molar-refractivity contribution in [2.45, 2.75) is 26.5 Å². The van der Waals surface area contributed by atoms with E-state index < -0.39 is 6.10 Å². The van der Waals surface area contributed by atoms with Crippen LogP contribution < -0.4 is 10.3 Å². The van der Waals surface area contributed by atoms with E-state index in [0.29, 0.717) is 10.2 Å². The third-order valence-electron chi connectivity index (χ3n) is 4.83. The first-order chi connectivity index (χ1) is 14.0. The first kappa shape index (κ1) is 19.4. The summed E-state index contributed by atoms with van der Waals surface area (Å²) >= 11 is 1.45. The van der Waals surface area contributed by atoms with Gasteiger partial charge in [0.25, 0.3) is 5.56 Å². The summed E-state index contributed by atoms with van der Waals surface area (Å²) in [7, 11) is 0. The predicted molar refractivity (Wildman–Crippen MR) is 117 cm³/mol. The average molecular weight is 407 g/mol. The molecule has 0 fully saturated rings. The molecular formula is C23H22N2O3S. The van der Waals surface area contributed by atoms with E-state index in [9.17, 15) is 9.90 Å². The summed E-state index contributed by atoms with van der Waals surface area (Å²) in [6.07, 6.45) is 0.669. The van der Waals surface area contributed by atoms with Crippen molar-refractivity contribution in [2.75, 3.05) is 6.61 Å². The van der Waals surface area contributed by atoms with E-state index >= 15 is 0 Å². The minimum Gasteiger partial charge on any atom is -0.491 e. The molecule has 2 aromatic carbocycles. The number of fused-ring (bicyclic) bond motifs is 1. The van der Waals surface area contributed by atoms with Crippen molar-refractivity contribution in [3.8, 4) is 16.9 Å². The van der Waals surface area contributed by atoms with Crippen molar-refractivity contribution in [3.63, 3.8) is 0 Å². The summed E-state index contributed by atoms with van der Waals surface area (Å²) in [6, 6.07) is 15.7. The Kier molecular flexibility index (Phi) is 5.47. The fourth-order valence-corrected chi connectivity index (χ4v) is 4.16. The Morgan fingerprint density at radius 1 is 1.17 bits per heavy atom. The monoisotopic (exact) mass is 406 g/mol. The van der Waals surface area contributed by atoms with E-state index in [0.717, 1.165) is 28.0 Å². The molecule has 5 nitrogen and oxygen atoms in total. The lowest BCUT2D eigenvalue weighted by Gasteiger charge is -2.15. The van der Waals surface area contributed by atoms with Gasteiger partial charge in [0.05, 0.1) is 18.3 Å². The second-order valence-electron chi connectivity index (χ2n) is 7.13. The predicted octanol–water partition coefficient (Wildman–Crippen LogP) is 4.18. The van der Waals surface area contributed by atoms with E-state index in [1.54, 1.807) is 0 Å². The van der Waals surface area contributed by atoms with E-state index in [-0.39, 0.29) is 18.7 Å². The van der Waals surface area contributed by atoms with Crippen LogP contribution in [0.3, 0.4) is 0 Å². The molecule has 1 atom stereocenters. The number of aliphatic hydroxyl groups is 1. The van der Waals surface area contributed by atoms with Gasteiger partial charge >= 0.3 is 0 Å². The van der Waals surface area contributed by atoms with Crippen LogP contribution >= 0.6 is 11.3 Å². The van der Waals surface area contributed by atoms with Gasteiger partial charge in [-0.05, 0) is 36.6 Å². The second kappa shape index (κ2) is 8.19. The summed E-state index contributed by atoms with van der Waals surface area (Å²) in [5.41, 5.74) is 3.80. The topological polar surface area (TPSA) is 64.3 Å². The maximum atomic E-state index is 13.1. The quantitative estimate of drug-likeness (QED) is 0.522. The van der Waals surface area contributed by atoms with Crippen molar-refractivity contribution in [3.05, 3.63) is 81.7 Å². The number of hydrogen-bond acceptors (Lipinski definition) is 5. The highest BCUT2D eigenvalue weighted by atomic mass is 32.1. The van der Waals surface area contributed by atoms with Gasteiger partial charge in [0.1, 0.15) is 23.3 Å². The molecule has 0 aliphatic carbocycles. The summed E-state index contributed by atoms with van der Waals surface area (Å²) in [4.78, 5) is 18.2. The maximum Gasteiger partial charge on any atom is 0.262 e. The lowest BCUT2D eigenvalue weighted by atomic mass is 10.1. The van der Waals surface area contributed by atoms with E-state index in [1.165, 1.54) is 22.2 Å². The van der Waals surface area contributed by atoms with Gasteiger partial charge in [0, 0.05) is 10.9 Å². The Balaban J connectivity index is 1.56. The first-order valence-corrected chi connectivity index (χ1v) is 10.3. The van der Waals surface area contributed by atoms with Crippen molar-refractivity contribution in [1.82, 2.24) is 9.55 Å². The van der Waals surface area contributed by atoms with Crippen molar-refractivity contribution < 1.29 is 9.84 Å². The minimum absolute atomic E-state index is 0.101. The molecule has 4 aromatic rings. The van der Waals surface area contributed by atoms with Crippen LogP contribution in [-0.4, -0.2) is 27.4 Å². The normalized spacial score (nSPS) is 12.2. The van der Waals surface area contributed by atoms with Crippen LogP contribution in [0, 0.1) is 13.8 Å². The molecule has 0 saturated carbocycles. The number of hydrogen-bond donors (Lipinski definition) is 1. The van der Waals surface area contributed by atoms with Crippen molar-refractivity contribution >= 4 is 21.6 Å². The van der Waals surface area contributed by atoms with Gasteiger partial charge in [-0.25, -0.2) is 4.98 Å². The maximum absolute atomic E-state index is 13.1. The first-order valence-electron chi connectivity index (χ1n) is 9.43. The molecule has 1 N–H and O–H groups in total. The van der Waals surface area contributed by atoms with Crippen LogP contribution in [0.5, 0.6) is 5.75 Å². The third-order valence-corrected chi connectivity index (χ3v) is 5.71. The summed E-state index contributed by atoms with van der Waals surface area (Å²) in [5, 5.41) is 13.0. The minimum atomic E-state index is -0.828. The van der Waals surface area contributed by atoms with E-state index in [2.05, 4.69) is 4.98 Å². The molecule has 0 bridgehead atoms. The van der Waals surface area contributed by atoms with E-state index in [4.69, 9.17) is 4.74 Å². The van der Waals surface area contributed by atoms with Gasteiger partial charge in [-0.3, -0.25) is 9.36 Å². The Morgan fingerprint density at radius 2 is 1.97 bits per heavy atom. The van der Waals surface area contributed by atoms with Gasteiger partial charge in [-0.2, -0.15) is 0 Å². The van der Waals surface area contributed by atoms with E-state index in [1.807, 2.05) is 67.8 Å². The zero-order chi connectivity index (χ0) is 20.4. The molecule has 0 spiro atoms. The lowest BCUT2D eigenvalue weighted by Crippen LogP contribution is -2.30. The number of nitrogens with zero attached hydrogens (tertiary/aromatic N) is 2. The molecule has 1 unspecified atom stereocenters. The lowest BCUT2D eigenvalue weighted by molar-refractivity contribution is 0.0911. The molecule has 0 saturated heterocycles. The van der Waals surface area contributed by atoms with Crippen LogP contribution in [0.1, 0.15) is 11.1 Å². The average Bonchev–Trinajstić information content (AvgIpc) is 3.16. The summed E-state index contributed by atoms with van der Waals surface area (Å²) < 4.78 is 7.23. The largest absolute Gasteiger partial charge is 0.491 e. The Bertz CT molecular complexity index is 1200. The zero-order valence-corrected chi connectivity index (χ0v) is 17.1. The highest BCUT2D eigenvalue weighted by molar-refractivity contribution is 7.17. The number of thiophene rings is 1. The number of ether oxygens (including phenoxy) is 1. The van der Waals surface area contributed by atoms with Crippen molar-refractivity contribution in [1.29, 1.82) is 0 Å². The fraction of sp³-hybridized carbons (Fsp3) is 0.217. The van der Waals surface area contributed by atoms with Crippen LogP contribution in [-0.2, 0) is 6.54 Å². The molecule has 0 aliphatic rings. The van der Waals surface area contributed by atoms with Gasteiger partial charge in [0.2, 0.25) is 0 Å². The highest BCUT2D eigenvalue weighted by Gasteiger charge is 2.15. The van der Waals surface area contributed by atoms with Gasteiger partial charge in [-0.15, -0.1) is 11.3 Å². The molecule has 0 amide bonds. The number of aryl methyl sites for hydroxylation is 2. The number of aromatic nitrogens is 2. The standard InChI is InChI=1S/C23H22N2O3S/c1-15-8-9-16(2)20(10-15)28-12-18(26)11-25-14-24-22-21(23(25)27)19(13-29-22)17-6-4-3-5-7-17/h3-10,13-14,18,26H,11-12H2,1-2H3. The van der Waals surface area contributed by atoms with Crippen LogP contribution in [0.25, 0.3) is 21.3 Å². The number of rotatable bonds is 6. The Morgan fingerprint density at radius 3 is 2.76 bits per heavy atom. The molecule has 4 rings (SSSR count). The third kappa shape index (κ3) is 4.09. The second-order valence-corrected chi connectivity index (χ2v) is 7.99. The molecule has 2 aromatic heterocycles. The molecule has 148 valence electrons. The summed E-state index contributed by atoms with van der Waals surface area (Å²) in [5.74, 6) is 0.745. The van der Waals surface area contributed by atoms with Crippen LogP contribution in [0.2, 0.25) is 0 Å². The summed E-state index contributed by atoms with van der Waals surface area (Å²) in [6.45, 7) is 4.18. The number of benzene rings is 2.